The second-order valence-corrected chi connectivity index (χ2v) is 7.09. The summed E-state index contributed by atoms with van der Waals surface area (Å²) in [5, 5.41) is 9.33. The van der Waals surface area contributed by atoms with Crippen molar-refractivity contribution in [2.45, 2.75) is 32.7 Å². The van der Waals surface area contributed by atoms with Crippen LogP contribution < -0.4 is 0 Å². The van der Waals surface area contributed by atoms with Crippen molar-refractivity contribution in [2.75, 3.05) is 6.54 Å². The van der Waals surface area contributed by atoms with Gasteiger partial charge in [0.1, 0.15) is 5.76 Å². The lowest BCUT2D eigenvalue weighted by Crippen LogP contribution is -2.32. The molecule has 2 aromatic carbocycles. The van der Waals surface area contributed by atoms with Gasteiger partial charge in [-0.1, -0.05) is 48.0 Å². The van der Waals surface area contributed by atoms with Gasteiger partial charge >= 0.3 is 5.97 Å². The number of carboxylic acids is 1. The van der Waals surface area contributed by atoms with E-state index >= 15 is 0 Å². The minimum absolute atomic E-state index is 0.0197. The summed E-state index contributed by atoms with van der Waals surface area (Å²) in [5.74, 6) is -0.262. The van der Waals surface area contributed by atoms with Crippen molar-refractivity contribution in [3.8, 4) is 0 Å². The van der Waals surface area contributed by atoms with Gasteiger partial charge in [0.05, 0.1) is 18.4 Å². The van der Waals surface area contributed by atoms with Crippen LogP contribution in [0.2, 0.25) is 0 Å². The molecule has 3 aromatic rings. The van der Waals surface area contributed by atoms with Crippen molar-refractivity contribution in [3.63, 3.8) is 0 Å². The highest BCUT2D eigenvalue weighted by molar-refractivity contribution is 5.89. The summed E-state index contributed by atoms with van der Waals surface area (Å²) in [6.07, 6.45) is 2.99. The zero-order chi connectivity index (χ0) is 20.6. The maximum absolute atomic E-state index is 12.9. The van der Waals surface area contributed by atoms with Gasteiger partial charge in [-0.15, -0.1) is 0 Å². The number of benzene rings is 2. The summed E-state index contributed by atoms with van der Waals surface area (Å²) in [7, 11) is 0. The first kappa shape index (κ1) is 20.4. The number of carboxylic acid groups (broad SMARTS) is 1. The summed E-state index contributed by atoms with van der Waals surface area (Å²) >= 11 is 0. The average Bonchev–Trinajstić information content (AvgIpc) is 3.24. The molecule has 0 saturated carbocycles. The maximum atomic E-state index is 12.9. The Kier molecular flexibility index (Phi) is 6.85. The van der Waals surface area contributed by atoms with Crippen LogP contribution in [0.25, 0.3) is 0 Å². The van der Waals surface area contributed by atoms with Crippen molar-refractivity contribution >= 4 is 11.9 Å². The predicted octanol–water partition coefficient (Wildman–Crippen LogP) is 4.49. The highest BCUT2D eigenvalue weighted by Gasteiger charge is 2.17. The molecule has 5 heteroatoms. The van der Waals surface area contributed by atoms with E-state index in [9.17, 15) is 14.7 Å². The van der Waals surface area contributed by atoms with E-state index in [-0.39, 0.29) is 17.9 Å². The number of carbonyl (C=O) groups excluding carboxylic acids is 1. The first-order valence-electron chi connectivity index (χ1n) is 9.70. The van der Waals surface area contributed by atoms with Crippen LogP contribution in [-0.2, 0) is 24.2 Å². The fourth-order valence-electron chi connectivity index (χ4n) is 3.25. The van der Waals surface area contributed by atoms with Gasteiger partial charge in [-0.3, -0.25) is 4.79 Å². The van der Waals surface area contributed by atoms with E-state index in [1.54, 1.807) is 41.5 Å². The molecular weight excluding hydrogens is 366 g/mol. The number of aryl methyl sites for hydroxylation is 2. The third-order valence-corrected chi connectivity index (χ3v) is 4.93. The monoisotopic (exact) mass is 391 g/mol. The quantitative estimate of drug-likeness (QED) is 0.583. The Hall–Kier alpha value is -3.34. The highest BCUT2D eigenvalue weighted by Crippen LogP contribution is 2.14. The van der Waals surface area contributed by atoms with Crippen LogP contribution in [0.5, 0.6) is 0 Å². The molecule has 0 saturated heterocycles. The second-order valence-electron chi connectivity index (χ2n) is 7.09. The van der Waals surface area contributed by atoms with Gasteiger partial charge in [-0.05, 0) is 49.1 Å². The average molecular weight is 391 g/mol. The fourth-order valence-corrected chi connectivity index (χ4v) is 3.25. The molecule has 5 nitrogen and oxygen atoms in total. The number of rotatable bonds is 9. The molecule has 0 aliphatic rings. The van der Waals surface area contributed by atoms with Crippen LogP contribution in [0.1, 0.15) is 39.2 Å². The number of amides is 1. The van der Waals surface area contributed by atoms with Gasteiger partial charge in [-0.2, -0.15) is 0 Å². The number of aromatic carboxylic acids is 1. The van der Waals surface area contributed by atoms with Gasteiger partial charge in [0.15, 0.2) is 0 Å². The summed E-state index contributed by atoms with van der Waals surface area (Å²) in [5.41, 5.74) is 3.29. The van der Waals surface area contributed by atoms with Crippen molar-refractivity contribution in [1.82, 2.24) is 4.90 Å². The highest BCUT2D eigenvalue weighted by atomic mass is 16.4. The molecule has 1 heterocycles. The van der Waals surface area contributed by atoms with Crippen molar-refractivity contribution < 1.29 is 19.1 Å². The van der Waals surface area contributed by atoms with Crippen LogP contribution in [0.3, 0.4) is 0 Å². The molecule has 0 aliphatic carbocycles. The van der Waals surface area contributed by atoms with E-state index < -0.39 is 5.97 Å². The molecule has 1 aromatic heterocycles. The lowest BCUT2D eigenvalue weighted by molar-refractivity contribution is -0.132. The first-order valence-corrected chi connectivity index (χ1v) is 9.70. The number of hydrogen-bond donors (Lipinski definition) is 1. The lowest BCUT2D eigenvalue weighted by atomic mass is 10.0. The van der Waals surface area contributed by atoms with E-state index in [0.29, 0.717) is 25.1 Å². The molecule has 0 aliphatic heterocycles. The third kappa shape index (κ3) is 5.82. The number of carbonyl (C=O) groups is 2. The van der Waals surface area contributed by atoms with Crippen molar-refractivity contribution in [2.24, 2.45) is 0 Å². The van der Waals surface area contributed by atoms with Crippen LogP contribution >= 0.6 is 0 Å². The van der Waals surface area contributed by atoms with E-state index in [2.05, 4.69) is 24.3 Å². The van der Waals surface area contributed by atoms with Gasteiger partial charge in [0.25, 0.3) is 0 Å². The molecule has 0 atom stereocenters. The van der Waals surface area contributed by atoms with Gasteiger partial charge in [0, 0.05) is 13.0 Å². The zero-order valence-corrected chi connectivity index (χ0v) is 16.5. The summed E-state index contributed by atoms with van der Waals surface area (Å²) in [6.45, 7) is 3.02. The molecule has 1 N–H and O–H groups in total. The summed E-state index contributed by atoms with van der Waals surface area (Å²) in [6, 6.07) is 18.8. The number of furan rings is 1. The lowest BCUT2D eigenvalue weighted by Gasteiger charge is -2.22. The molecule has 0 spiro atoms. The van der Waals surface area contributed by atoms with Crippen molar-refractivity contribution in [3.05, 3.63) is 94.9 Å². The largest absolute Gasteiger partial charge is 0.478 e. The zero-order valence-electron chi connectivity index (χ0n) is 16.5. The summed E-state index contributed by atoms with van der Waals surface area (Å²) < 4.78 is 5.42. The number of nitrogens with zero attached hydrogens (tertiary/aromatic N) is 1. The Balaban J connectivity index is 1.67. The first-order chi connectivity index (χ1) is 14.0. The molecule has 0 radical (unpaired) electrons. The normalized spacial score (nSPS) is 10.7. The van der Waals surface area contributed by atoms with Crippen LogP contribution in [0.4, 0.5) is 0 Å². The molecule has 0 bridgehead atoms. The van der Waals surface area contributed by atoms with E-state index in [4.69, 9.17) is 4.42 Å². The predicted molar refractivity (Wildman–Crippen MR) is 111 cm³/mol. The standard InChI is InChI=1S/C24H25NO4/c1-18-8-10-19(11-9-18)14-15-25(17-21-6-4-16-29-21)23(26)13-12-20-5-2-3-7-22(20)24(27)28/h2-11,16H,12-15,17H2,1H3,(H,27,28). The van der Waals surface area contributed by atoms with Gasteiger partial charge in [-0.25, -0.2) is 4.79 Å². The number of hydrogen-bond acceptors (Lipinski definition) is 3. The van der Waals surface area contributed by atoms with Gasteiger partial charge < -0.3 is 14.4 Å². The molecule has 29 heavy (non-hydrogen) atoms. The fraction of sp³-hybridized carbons (Fsp3) is 0.250. The minimum atomic E-state index is -0.972. The van der Waals surface area contributed by atoms with Crippen molar-refractivity contribution in [1.29, 1.82) is 0 Å². The topological polar surface area (TPSA) is 70.8 Å². The minimum Gasteiger partial charge on any atom is -0.478 e. The van der Waals surface area contributed by atoms with E-state index in [0.717, 1.165) is 12.2 Å². The Morgan fingerprint density at radius 1 is 0.966 bits per heavy atom. The third-order valence-electron chi connectivity index (χ3n) is 4.93. The van der Waals surface area contributed by atoms with E-state index in [1.165, 1.54) is 11.1 Å². The molecule has 1 amide bonds. The Morgan fingerprint density at radius 2 is 1.72 bits per heavy atom. The molecule has 150 valence electrons. The van der Waals surface area contributed by atoms with E-state index in [1.807, 2.05) is 13.0 Å². The van der Waals surface area contributed by atoms with Crippen LogP contribution in [0.15, 0.2) is 71.3 Å². The smallest absolute Gasteiger partial charge is 0.335 e. The molecular formula is C24H25NO4. The Morgan fingerprint density at radius 3 is 2.41 bits per heavy atom. The molecule has 0 unspecified atom stereocenters. The molecule has 3 rings (SSSR count). The molecule has 0 fully saturated rings. The maximum Gasteiger partial charge on any atom is 0.335 e. The SMILES string of the molecule is Cc1ccc(CCN(Cc2ccco2)C(=O)CCc2ccccc2C(=O)O)cc1. The van der Waals surface area contributed by atoms with Crippen LogP contribution in [0, 0.1) is 6.92 Å². The summed E-state index contributed by atoms with van der Waals surface area (Å²) in [4.78, 5) is 26.1. The second kappa shape index (κ2) is 9.73. The van der Waals surface area contributed by atoms with Gasteiger partial charge in [0.2, 0.25) is 5.91 Å². The Labute approximate surface area is 170 Å². The van der Waals surface area contributed by atoms with Crippen LogP contribution in [-0.4, -0.2) is 28.4 Å². The Bertz CT molecular complexity index is 945.